The lowest BCUT2D eigenvalue weighted by Crippen LogP contribution is -2.20. The summed E-state index contributed by atoms with van der Waals surface area (Å²) in [6.07, 6.45) is 2.92. The fourth-order valence-corrected chi connectivity index (χ4v) is 1.95. The molecule has 2 aromatic rings. The molecule has 0 fully saturated rings. The number of anilines is 1. The molecule has 0 heterocycles. The van der Waals surface area contributed by atoms with Gasteiger partial charge in [-0.25, -0.2) is 4.79 Å². The first kappa shape index (κ1) is 17.3. The van der Waals surface area contributed by atoms with Gasteiger partial charge in [0.05, 0.1) is 12.3 Å². The van der Waals surface area contributed by atoms with Crippen LogP contribution in [0.25, 0.3) is 6.08 Å². The minimum atomic E-state index is -0.577. The van der Waals surface area contributed by atoms with Crippen molar-refractivity contribution in [1.82, 2.24) is 0 Å². The van der Waals surface area contributed by atoms with Gasteiger partial charge in [-0.1, -0.05) is 42.5 Å². The summed E-state index contributed by atoms with van der Waals surface area (Å²) in [6, 6.07) is 16.4. The average Bonchev–Trinajstić information content (AvgIpc) is 2.61. The minimum absolute atomic E-state index is 0.363. The summed E-state index contributed by atoms with van der Waals surface area (Å²) in [6.45, 7) is 1.99. The molecule has 0 aliphatic carbocycles. The molecule has 24 heavy (non-hydrogen) atoms. The van der Waals surface area contributed by atoms with Crippen molar-refractivity contribution in [3.05, 3.63) is 66.2 Å². The number of para-hydroxylation sites is 2. The summed E-state index contributed by atoms with van der Waals surface area (Å²) in [5, 5.41) is 2.66. The molecular formula is C19H19NO4. The van der Waals surface area contributed by atoms with Gasteiger partial charge < -0.3 is 14.8 Å². The SMILES string of the molecule is CCOc1ccccc1NC(=O)COC(=O)/C=C/c1ccccc1. The fraction of sp³-hybridized carbons (Fsp3) is 0.158. The van der Waals surface area contributed by atoms with Gasteiger partial charge in [0.1, 0.15) is 5.75 Å². The molecule has 5 nitrogen and oxygen atoms in total. The van der Waals surface area contributed by atoms with Gasteiger partial charge in [0, 0.05) is 6.08 Å². The number of esters is 1. The van der Waals surface area contributed by atoms with Crippen molar-refractivity contribution in [2.24, 2.45) is 0 Å². The van der Waals surface area contributed by atoms with Crippen molar-refractivity contribution in [3.63, 3.8) is 0 Å². The predicted molar refractivity (Wildman–Crippen MR) is 92.7 cm³/mol. The van der Waals surface area contributed by atoms with Crippen LogP contribution in [-0.4, -0.2) is 25.1 Å². The second kappa shape index (κ2) is 9.15. The standard InChI is InChI=1S/C19H19NO4/c1-2-23-17-11-7-6-10-16(17)20-18(21)14-24-19(22)13-12-15-8-4-3-5-9-15/h3-13H,2,14H2,1H3,(H,20,21)/b13-12+. The van der Waals surface area contributed by atoms with Crippen LogP contribution in [0.1, 0.15) is 12.5 Å². The van der Waals surface area contributed by atoms with E-state index in [0.717, 1.165) is 5.56 Å². The molecule has 5 heteroatoms. The van der Waals surface area contributed by atoms with Crippen molar-refractivity contribution in [1.29, 1.82) is 0 Å². The first-order chi connectivity index (χ1) is 11.7. The Labute approximate surface area is 140 Å². The average molecular weight is 325 g/mol. The van der Waals surface area contributed by atoms with Crippen LogP contribution in [-0.2, 0) is 14.3 Å². The zero-order valence-corrected chi connectivity index (χ0v) is 13.4. The molecule has 124 valence electrons. The molecule has 0 saturated heterocycles. The third-order valence-corrected chi connectivity index (χ3v) is 3.02. The van der Waals surface area contributed by atoms with Crippen LogP contribution in [0.15, 0.2) is 60.7 Å². The maximum atomic E-state index is 11.9. The van der Waals surface area contributed by atoms with E-state index < -0.39 is 11.9 Å². The Kier molecular flexibility index (Phi) is 6.58. The van der Waals surface area contributed by atoms with Gasteiger partial charge >= 0.3 is 5.97 Å². The second-order valence-corrected chi connectivity index (χ2v) is 4.83. The van der Waals surface area contributed by atoms with Crippen LogP contribution in [0.5, 0.6) is 5.75 Å². The van der Waals surface area contributed by atoms with E-state index in [2.05, 4.69) is 5.32 Å². The van der Waals surface area contributed by atoms with E-state index in [1.54, 1.807) is 24.3 Å². The molecule has 1 amide bonds. The molecule has 0 atom stereocenters. The molecule has 2 aromatic carbocycles. The zero-order valence-electron chi connectivity index (χ0n) is 13.4. The Balaban J connectivity index is 1.83. The Bertz CT molecular complexity index is 710. The highest BCUT2D eigenvalue weighted by molar-refractivity contribution is 5.95. The number of amides is 1. The highest BCUT2D eigenvalue weighted by atomic mass is 16.5. The minimum Gasteiger partial charge on any atom is -0.492 e. The normalized spacial score (nSPS) is 10.4. The van der Waals surface area contributed by atoms with Crippen molar-refractivity contribution >= 4 is 23.6 Å². The Hall–Kier alpha value is -3.08. The summed E-state index contributed by atoms with van der Waals surface area (Å²) in [7, 11) is 0. The third kappa shape index (κ3) is 5.61. The van der Waals surface area contributed by atoms with Crippen molar-refractivity contribution in [2.45, 2.75) is 6.92 Å². The van der Waals surface area contributed by atoms with E-state index in [-0.39, 0.29) is 6.61 Å². The van der Waals surface area contributed by atoms with E-state index in [0.29, 0.717) is 18.0 Å². The largest absolute Gasteiger partial charge is 0.492 e. The van der Waals surface area contributed by atoms with E-state index in [9.17, 15) is 9.59 Å². The second-order valence-electron chi connectivity index (χ2n) is 4.83. The van der Waals surface area contributed by atoms with Crippen molar-refractivity contribution < 1.29 is 19.1 Å². The molecule has 0 aromatic heterocycles. The van der Waals surface area contributed by atoms with Gasteiger partial charge in [-0.3, -0.25) is 4.79 Å². The molecule has 0 saturated carbocycles. The number of benzene rings is 2. The zero-order chi connectivity index (χ0) is 17.2. The fourth-order valence-electron chi connectivity index (χ4n) is 1.95. The summed E-state index contributed by atoms with van der Waals surface area (Å²) in [5.41, 5.74) is 1.42. The summed E-state index contributed by atoms with van der Waals surface area (Å²) >= 11 is 0. The van der Waals surface area contributed by atoms with E-state index >= 15 is 0 Å². The van der Waals surface area contributed by atoms with Gasteiger partial charge in [0.2, 0.25) is 0 Å². The van der Waals surface area contributed by atoms with Crippen LogP contribution in [0.3, 0.4) is 0 Å². The Morgan fingerprint density at radius 2 is 1.75 bits per heavy atom. The highest BCUT2D eigenvalue weighted by Gasteiger charge is 2.09. The van der Waals surface area contributed by atoms with Crippen molar-refractivity contribution in [2.75, 3.05) is 18.5 Å². The summed E-state index contributed by atoms with van der Waals surface area (Å²) < 4.78 is 10.3. The molecule has 0 aliphatic rings. The van der Waals surface area contributed by atoms with Gasteiger partial charge in [0.15, 0.2) is 6.61 Å². The monoisotopic (exact) mass is 325 g/mol. The summed E-state index contributed by atoms with van der Waals surface area (Å²) in [5.74, 6) is -0.431. The highest BCUT2D eigenvalue weighted by Crippen LogP contribution is 2.23. The first-order valence-electron chi connectivity index (χ1n) is 7.60. The number of ether oxygens (including phenoxy) is 2. The van der Waals surface area contributed by atoms with Gasteiger partial charge in [-0.2, -0.15) is 0 Å². The lowest BCUT2D eigenvalue weighted by Gasteiger charge is -2.11. The van der Waals surface area contributed by atoms with E-state index in [1.165, 1.54) is 6.08 Å². The molecule has 0 aliphatic heterocycles. The predicted octanol–water partition coefficient (Wildman–Crippen LogP) is 3.28. The number of hydrogen-bond acceptors (Lipinski definition) is 4. The van der Waals surface area contributed by atoms with Crippen LogP contribution in [0.2, 0.25) is 0 Å². The summed E-state index contributed by atoms with van der Waals surface area (Å²) in [4.78, 5) is 23.5. The lowest BCUT2D eigenvalue weighted by atomic mass is 10.2. The third-order valence-electron chi connectivity index (χ3n) is 3.02. The molecule has 1 N–H and O–H groups in total. The number of rotatable bonds is 7. The molecular weight excluding hydrogens is 306 g/mol. The molecule has 2 rings (SSSR count). The number of carbonyl (C=O) groups excluding carboxylic acids is 2. The molecule has 0 spiro atoms. The number of nitrogens with one attached hydrogen (secondary N) is 1. The maximum Gasteiger partial charge on any atom is 0.331 e. The van der Waals surface area contributed by atoms with Gasteiger partial charge in [0.25, 0.3) is 5.91 Å². The van der Waals surface area contributed by atoms with Crippen LogP contribution in [0.4, 0.5) is 5.69 Å². The lowest BCUT2D eigenvalue weighted by molar-refractivity contribution is -0.142. The molecule has 0 unspecified atom stereocenters. The molecule has 0 radical (unpaired) electrons. The van der Waals surface area contributed by atoms with Crippen LogP contribution >= 0.6 is 0 Å². The number of carbonyl (C=O) groups is 2. The number of hydrogen-bond donors (Lipinski definition) is 1. The Morgan fingerprint density at radius 1 is 1.04 bits per heavy atom. The van der Waals surface area contributed by atoms with Crippen LogP contribution in [0, 0.1) is 0 Å². The van der Waals surface area contributed by atoms with E-state index in [1.807, 2.05) is 43.3 Å². The molecule has 0 bridgehead atoms. The van der Waals surface area contributed by atoms with E-state index in [4.69, 9.17) is 9.47 Å². The van der Waals surface area contributed by atoms with Crippen LogP contribution < -0.4 is 10.1 Å². The van der Waals surface area contributed by atoms with Crippen molar-refractivity contribution in [3.8, 4) is 5.75 Å². The van der Waals surface area contributed by atoms with Gasteiger partial charge in [-0.05, 0) is 30.7 Å². The Morgan fingerprint density at radius 3 is 2.50 bits per heavy atom. The first-order valence-corrected chi connectivity index (χ1v) is 7.60. The quantitative estimate of drug-likeness (QED) is 0.627. The smallest absolute Gasteiger partial charge is 0.331 e. The van der Waals surface area contributed by atoms with Gasteiger partial charge in [-0.15, -0.1) is 0 Å². The maximum absolute atomic E-state index is 11.9. The topological polar surface area (TPSA) is 64.6 Å².